The molecule has 3 aromatic rings. The number of nitrogens with one attached hydrogen (secondary N) is 2. The number of carbonyl (C=O) groups is 1. The highest BCUT2D eigenvalue weighted by atomic mass is 16.5. The number of ether oxygens (including phenoxy) is 2. The van der Waals surface area contributed by atoms with Gasteiger partial charge in [-0.05, 0) is 42.0 Å². The first-order valence-corrected chi connectivity index (χ1v) is 10.4. The zero-order valence-corrected chi connectivity index (χ0v) is 17.3. The highest BCUT2D eigenvalue weighted by Crippen LogP contribution is 2.21. The summed E-state index contributed by atoms with van der Waals surface area (Å²) in [5, 5.41) is 4.08. The van der Waals surface area contributed by atoms with Crippen LogP contribution in [0.15, 0.2) is 84.0 Å². The summed E-state index contributed by atoms with van der Waals surface area (Å²) >= 11 is 0. The Balaban J connectivity index is 1.30. The zero-order chi connectivity index (χ0) is 21.3. The molecule has 0 bridgehead atoms. The minimum Gasteiger partial charge on any atom is -0.457 e. The van der Waals surface area contributed by atoms with Gasteiger partial charge in [0.25, 0.3) is 5.91 Å². The second-order valence-electron chi connectivity index (χ2n) is 7.42. The average molecular weight is 417 g/mol. The lowest BCUT2D eigenvalue weighted by molar-refractivity contribution is -0.921. The molecule has 3 aromatic carbocycles. The van der Waals surface area contributed by atoms with Crippen molar-refractivity contribution in [1.82, 2.24) is 5.43 Å². The molecule has 4 rings (SSSR count). The first kappa shape index (κ1) is 20.8. The molecule has 0 unspecified atom stereocenters. The minimum atomic E-state index is -0.238. The maximum Gasteiger partial charge on any atom is 0.271 e. The third-order valence-electron chi connectivity index (χ3n) is 5.09. The molecule has 1 aliphatic rings. The summed E-state index contributed by atoms with van der Waals surface area (Å²) in [6.45, 7) is 4.62. The second-order valence-corrected chi connectivity index (χ2v) is 7.42. The Morgan fingerprint density at radius 3 is 2.48 bits per heavy atom. The van der Waals surface area contributed by atoms with Gasteiger partial charge in [-0.15, -0.1) is 0 Å². The number of quaternary nitrogens is 1. The topological polar surface area (TPSA) is 64.4 Å². The maximum absolute atomic E-state index is 12.4. The molecule has 1 aliphatic heterocycles. The Hall–Kier alpha value is -3.48. The summed E-state index contributed by atoms with van der Waals surface area (Å²) < 4.78 is 11.2. The van der Waals surface area contributed by atoms with Crippen molar-refractivity contribution in [1.29, 1.82) is 0 Å². The number of morpholine rings is 1. The maximum atomic E-state index is 12.4. The van der Waals surface area contributed by atoms with Crippen molar-refractivity contribution in [2.45, 2.75) is 6.54 Å². The van der Waals surface area contributed by atoms with Crippen LogP contribution in [0.5, 0.6) is 11.5 Å². The second kappa shape index (κ2) is 10.5. The predicted molar refractivity (Wildman–Crippen MR) is 120 cm³/mol. The van der Waals surface area contributed by atoms with E-state index in [1.165, 1.54) is 10.5 Å². The Labute approximate surface area is 182 Å². The molecule has 1 saturated heterocycles. The van der Waals surface area contributed by atoms with E-state index in [9.17, 15) is 4.79 Å². The van der Waals surface area contributed by atoms with Crippen molar-refractivity contribution in [2.24, 2.45) is 5.10 Å². The van der Waals surface area contributed by atoms with Gasteiger partial charge >= 0.3 is 0 Å². The molecule has 2 N–H and O–H groups in total. The van der Waals surface area contributed by atoms with Gasteiger partial charge in [-0.1, -0.05) is 42.5 Å². The number of nitrogens with zero attached hydrogens (tertiary/aromatic N) is 1. The minimum absolute atomic E-state index is 0.238. The van der Waals surface area contributed by atoms with Crippen LogP contribution >= 0.6 is 0 Å². The molecule has 1 fully saturated rings. The molecule has 158 valence electrons. The van der Waals surface area contributed by atoms with E-state index in [4.69, 9.17) is 9.47 Å². The van der Waals surface area contributed by atoms with Crippen molar-refractivity contribution < 1.29 is 19.2 Å². The van der Waals surface area contributed by atoms with Crippen molar-refractivity contribution in [3.05, 3.63) is 95.6 Å². The summed E-state index contributed by atoms with van der Waals surface area (Å²) in [6.07, 6.45) is 1.60. The van der Waals surface area contributed by atoms with Crippen molar-refractivity contribution >= 4 is 12.1 Å². The molecular weight excluding hydrogens is 390 g/mol. The fraction of sp³-hybridized carbons (Fsp3) is 0.200. The highest BCUT2D eigenvalue weighted by Gasteiger charge is 2.14. The summed E-state index contributed by atoms with van der Waals surface area (Å²) in [7, 11) is 0. The molecule has 31 heavy (non-hydrogen) atoms. The van der Waals surface area contributed by atoms with Crippen LogP contribution < -0.4 is 15.1 Å². The predicted octanol–water partition coefficient (Wildman–Crippen LogP) is 2.66. The van der Waals surface area contributed by atoms with E-state index in [1.54, 1.807) is 6.21 Å². The quantitative estimate of drug-likeness (QED) is 0.460. The van der Waals surface area contributed by atoms with E-state index in [2.05, 4.69) is 10.5 Å². The van der Waals surface area contributed by atoms with Crippen LogP contribution in [0.2, 0.25) is 0 Å². The number of rotatable bonds is 7. The van der Waals surface area contributed by atoms with Gasteiger partial charge in [-0.3, -0.25) is 4.79 Å². The van der Waals surface area contributed by atoms with Gasteiger partial charge in [0.2, 0.25) is 0 Å². The van der Waals surface area contributed by atoms with Gasteiger partial charge in [-0.2, -0.15) is 5.10 Å². The largest absolute Gasteiger partial charge is 0.457 e. The first-order valence-electron chi connectivity index (χ1n) is 10.4. The smallest absolute Gasteiger partial charge is 0.271 e. The molecule has 0 aliphatic carbocycles. The molecular formula is C25H26N3O3+. The number of amides is 1. The van der Waals surface area contributed by atoms with Gasteiger partial charge in [0.15, 0.2) is 0 Å². The lowest BCUT2D eigenvalue weighted by Crippen LogP contribution is -3.12. The van der Waals surface area contributed by atoms with Crippen LogP contribution in [0.1, 0.15) is 21.5 Å². The van der Waals surface area contributed by atoms with Crippen molar-refractivity contribution in [2.75, 3.05) is 26.3 Å². The van der Waals surface area contributed by atoms with Gasteiger partial charge in [0, 0.05) is 11.1 Å². The lowest BCUT2D eigenvalue weighted by atomic mass is 10.1. The van der Waals surface area contributed by atoms with Crippen LogP contribution in [-0.2, 0) is 11.3 Å². The van der Waals surface area contributed by atoms with Crippen molar-refractivity contribution in [3.63, 3.8) is 0 Å². The van der Waals surface area contributed by atoms with Gasteiger partial charge in [-0.25, -0.2) is 5.43 Å². The van der Waals surface area contributed by atoms with E-state index in [0.29, 0.717) is 11.3 Å². The molecule has 0 spiro atoms. The summed E-state index contributed by atoms with van der Waals surface area (Å²) in [6, 6.07) is 24.8. The number of hydrogen-bond acceptors (Lipinski definition) is 4. The van der Waals surface area contributed by atoms with Crippen LogP contribution in [-0.4, -0.2) is 38.4 Å². The SMILES string of the molecule is O=C(N/N=C\c1cccc(Oc2ccccc2)c1)c1ccc(C[NH+]2CCOCC2)cc1. The molecule has 6 nitrogen and oxygen atoms in total. The van der Waals surface area contributed by atoms with E-state index in [1.807, 2.05) is 78.9 Å². The van der Waals surface area contributed by atoms with E-state index >= 15 is 0 Å². The highest BCUT2D eigenvalue weighted by molar-refractivity contribution is 5.94. The van der Waals surface area contributed by atoms with Gasteiger partial charge in [0.05, 0.1) is 19.4 Å². The molecule has 0 saturated carbocycles. The van der Waals surface area contributed by atoms with Crippen LogP contribution in [0.25, 0.3) is 0 Å². The summed E-state index contributed by atoms with van der Waals surface area (Å²) in [5.41, 5.74) is 5.21. The Kier molecular flexibility index (Phi) is 7.05. The van der Waals surface area contributed by atoms with Crippen LogP contribution in [0.4, 0.5) is 0 Å². The lowest BCUT2D eigenvalue weighted by Gasteiger charge is -2.23. The van der Waals surface area contributed by atoms with E-state index in [-0.39, 0.29) is 5.91 Å². The molecule has 0 radical (unpaired) electrons. The first-order chi connectivity index (χ1) is 15.3. The Morgan fingerprint density at radius 1 is 0.968 bits per heavy atom. The number of carbonyl (C=O) groups excluding carboxylic acids is 1. The third kappa shape index (κ3) is 6.25. The number of hydrogen-bond donors (Lipinski definition) is 2. The monoisotopic (exact) mass is 416 g/mol. The number of para-hydroxylation sites is 1. The average Bonchev–Trinajstić information content (AvgIpc) is 2.81. The number of hydrazone groups is 1. The van der Waals surface area contributed by atoms with E-state index < -0.39 is 0 Å². The molecule has 1 amide bonds. The Morgan fingerprint density at radius 2 is 1.71 bits per heavy atom. The summed E-state index contributed by atoms with van der Waals surface area (Å²) in [4.78, 5) is 13.9. The van der Waals surface area contributed by atoms with Gasteiger partial charge in [0.1, 0.15) is 31.1 Å². The molecule has 0 aromatic heterocycles. The van der Waals surface area contributed by atoms with E-state index in [0.717, 1.165) is 44.2 Å². The Bertz CT molecular complexity index is 1010. The molecule has 1 heterocycles. The standard InChI is InChI=1S/C25H25N3O3/c29-25(22-11-9-20(10-12-22)19-28-13-15-30-16-14-28)27-26-18-21-5-4-8-24(17-21)31-23-6-2-1-3-7-23/h1-12,17-18H,13-16,19H2,(H,27,29)/p+1/b26-18-. The van der Waals surface area contributed by atoms with Gasteiger partial charge < -0.3 is 14.4 Å². The molecule has 6 heteroatoms. The van der Waals surface area contributed by atoms with Crippen molar-refractivity contribution in [3.8, 4) is 11.5 Å². The normalized spacial score (nSPS) is 14.5. The third-order valence-corrected chi connectivity index (χ3v) is 5.09. The summed E-state index contributed by atoms with van der Waals surface area (Å²) in [5.74, 6) is 1.24. The fourth-order valence-electron chi connectivity index (χ4n) is 3.41. The molecule has 0 atom stereocenters. The fourth-order valence-corrected chi connectivity index (χ4v) is 3.41. The number of benzene rings is 3. The van der Waals surface area contributed by atoms with Crippen LogP contribution in [0.3, 0.4) is 0 Å². The van der Waals surface area contributed by atoms with Crippen LogP contribution in [0, 0.1) is 0 Å². The zero-order valence-electron chi connectivity index (χ0n) is 17.3.